The van der Waals surface area contributed by atoms with Crippen LogP contribution in [0.15, 0.2) is 21.9 Å². The smallest absolute Gasteiger partial charge is 0.756 e. The van der Waals surface area contributed by atoms with Gasteiger partial charge in [0.1, 0.15) is 36.6 Å². The maximum absolute atomic E-state index is 12.0. The van der Waals surface area contributed by atoms with Crippen LogP contribution in [-0.2, 0) is 36.8 Å². The molecule has 0 aromatic carbocycles. The van der Waals surface area contributed by atoms with E-state index >= 15 is 0 Å². The van der Waals surface area contributed by atoms with Crippen LogP contribution < -0.4 is 80.2 Å². The van der Waals surface area contributed by atoms with Gasteiger partial charge in [-0.25, -0.2) is 13.9 Å². The first-order chi connectivity index (χ1) is 17.0. The number of carbonyl (C=O) groups is 1. The number of H-pyrrole nitrogens is 1. The number of nitrogens with one attached hydrogen (secondary N) is 1. The van der Waals surface area contributed by atoms with E-state index in [1.807, 2.05) is 4.98 Å². The molecule has 11 atom stereocenters. The fraction of sp³-hybridized carbons (Fsp3) is 0.667. The van der Waals surface area contributed by atoms with Crippen LogP contribution in [0.4, 0.5) is 0 Å². The standard InChI is InChI=1S/C15H22N2O18P2.2Na/c18-5-1-2-17(15(26)16-5)12-9(22)6(19)4(32-12)3-31-36(27,28)35-37(29,30)34-14-10(23)7(20)8(21)11(33-14)13(24)25;;/h1-2,4,6-12,14,19-23H,3H2,(H,24,25)(H,27,28)(H,29,30)(H,16,18,26);;/q;2*+1/p-2. The predicted molar refractivity (Wildman–Crippen MR) is 105 cm³/mol. The minimum absolute atomic E-state index is 0. The normalized spacial score (nSPS) is 35.6. The summed E-state index contributed by atoms with van der Waals surface area (Å²) in [6.07, 6.45) is -17.7. The quantitative estimate of drug-likeness (QED) is 0.0990. The molecule has 1 aromatic heterocycles. The average molecular weight is 624 g/mol. The number of aliphatic carboxylic acids is 1. The third-order valence-electron chi connectivity index (χ3n) is 5.11. The van der Waals surface area contributed by atoms with Gasteiger partial charge in [-0.15, -0.1) is 0 Å². The fourth-order valence-electron chi connectivity index (χ4n) is 3.32. The van der Waals surface area contributed by atoms with Crippen molar-refractivity contribution in [3.63, 3.8) is 0 Å². The van der Waals surface area contributed by atoms with Crippen molar-refractivity contribution in [3.05, 3.63) is 33.1 Å². The Morgan fingerprint density at radius 2 is 1.59 bits per heavy atom. The average Bonchev–Trinajstić information content (AvgIpc) is 3.05. The van der Waals surface area contributed by atoms with E-state index in [9.17, 15) is 58.8 Å². The topological polar surface area (TPSA) is 320 Å². The summed E-state index contributed by atoms with van der Waals surface area (Å²) in [5.74, 6) is -1.88. The van der Waals surface area contributed by atoms with Gasteiger partial charge in [0, 0.05) is 12.3 Å². The van der Waals surface area contributed by atoms with Crippen molar-refractivity contribution in [1.82, 2.24) is 9.55 Å². The molecule has 210 valence electrons. The number of phosphoric acid groups is 2. The maximum Gasteiger partial charge on any atom is 1.00 e. The summed E-state index contributed by atoms with van der Waals surface area (Å²) >= 11 is 0. The third-order valence-corrected chi connectivity index (χ3v) is 7.64. The summed E-state index contributed by atoms with van der Waals surface area (Å²) in [6.45, 7) is -1.16. The SMILES string of the molecule is O=C(O)C1OC(OP(=O)([O-])OP(=O)([O-])OCC2OC(n3ccc(=O)[nH]c3=O)C(O)C2O)C(O)C(O)C1O.[Na+].[Na+]. The van der Waals surface area contributed by atoms with Gasteiger partial charge in [-0.3, -0.25) is 28.0 Å². The Kier molecular flexibility index (Phi) is 13.9. The van der Waals surface area contributed by atoms with Crippen molar-refractivity contribution in [2.24, 2.45) is 0 Å². The van der Waals surface area contributed by atoms with Crippen molar-refractivity contribution in [3.8, 4) is 0 Å². The van der Waals surface area contributed by atoms with Gasteiger partial charge in [0.2, 0.25) is 0 Å². The van der Waals surface area contributed by atoms with Gasteiger partial charge in [0.05, 0.1) is 6.61 Å². The van der Waals surface area contributed by atoms with Crippen molar-refractivity contribution in [1.29, 1.82) is 0 Å². The molecule has 7 N–H and O–H groups in total. The van der Waals surface area contributed by atoms with Crippen LogP contribution in [0.3, 0.4) is 0 Å². The molecule has 2 saturated heterocycles. The molecule has 2 aliphatic rings. The molecule has 20 nitrogen and oxygen atoms in total. The predicted octanol–water partition coefficient (Wildman–Crippen LogP) is -12.0. The van der Waals surface area contributed by atoms with Gasteiger partial charge >= 0.3 is 70.8 Å². The summed E-state index contributed by atoms with van der Waals surface area (Å²) in [5.41, 5.74) is -1.82. The molecule has 0 saturated carbocycles. The molecule has 0 spiro atoms. The zero-order chi connectivity index (χ0) is 27.9. The molecular weight excluding hydrogens is 604 g/mol. The molecule has 24 heteroatoms. The summed E-state index contributed by atoms with van der Waals surface area (Å²) < 4.78 is 46.6. The Hall–Kier alpha value is 0.130. The zero-order valence-corrected chi connectivity index (χ0v) is 25.8. The number of hydrogen-bond donors (Lipinski definition) is 7. The van der Waals surface area contributed by atoms with E-state index in [2.05, 4.69) is 18.1 Å². The van der Waals surface area contributed by atoms with Gasteiger partial charge in [0.15, 0.2) is 18.6 Å². The molecule has 1 aromatic rings. The molecule has 2 fully saturated rings. The second-order valence-corrected chi connectivity index (χ2v) is 10.6. The van der Waals surface area contributed by atoms with Gasteiger partial charge < -0.3 is 54.4 Å². The number of phosphoric ester groups is 2. The van der Waals surface area contributed by atoms with E-state index in [0.29, 0.717) is 4.57 Å². The van der Waals surface area contributed by atoms with Crippen molar-refractivity contribution < 1.29 is 136 Å². The van der Waals surface area contributed by atoms with Crippen molar-refractivity contribution in [2.45, 2.75) is 55.2 Å². The van der Waals surface area contributed by atoms with E-state index in [1.54, 1.807) is 0 Å². The van der Waals surface area contributed by atoms with Crippen LogP contribution in [0.5, 0.6) is 0 Å². The molecule has 39 heavy (non-hydrogen) atoms. The molecule has 11 unspecified atom stereocenters. The Morgan fingerprint density at radius 3 is 2.15 bits per heavy atom. The number of rotatable bonds is 9. The molecule has 0 radical (unpaired) electrons. The van der Waals surface area contributed by atoms with E-state index in [0.717, 1.165) is 12.3 Å². The van der Waals surface area contributed by atoms with E-state index < -0.39 is 94.7 Å². The number of aromatic nitrogens is 2. The third kappa shape index (κ3) is 9.06. The molecule has 0 bridgehead atoms. The number of nitrogens with zero attached hydrogens (tertiary/aromatic N) is 1. The van der Waals surface area contributed by atoms with Crippen molar-refractivity contribution in [2.75, 3.05) is 6.61 Å². The number of aromatic amines is 1. The number of aliphatic hydroxyl groups is 5. The molecule has 3 heterocycles. The first kappa shape index (κ1) is 37.2. The minimum atomic E-state index is -6.04. The maximum atomic E-state index is 12.0. The number of carboxylic acid groups (broad SMARTS) is 1. The molecule has 2 aliphatic heterocycles. The largest absolute Gasteiger partial charge is 1.00 e. The first-order valence-electron chi connectivity index (χ1n) is 9.95. The Balaban J connectivity index is 0.00000380. The second kappa shape index (κ2) is 14.5. The number of ether oxygens (including phenoxy) is 2. The Morgan fingerprint density at radius 1 is 0.974 bits per heavy atom. The molecular formula is C15H20N2Na2O18P2. The van der Waals surface area contributed by atoms with Crippen LogP contribution in [0.25, 0.3) is 0 Å². The van der Waals surface area contributed by atoms with Gasteiger partial charge in [0.25, 0.3) is 21.2 Å². The van der Waals surface area contributed by atoms with Gasteiger partial charge in [-0.1, -0.05) is 0 Å². The van der Waals surface area contributed by atoms with Crippen LogP contribution in [0.1, 0.15) is 6.23 Å². The van der Waals surface area contributed by atoms with E-state index in [-0.39, 0.29) is 59.1 Å². The summed E-state index contributed by atoms with van der Waals surface area (Å²) in [5, 5.41) is 58.1. The van der Waals surface area contributed by atoms with Gasteiger partial charge in [-0.2, -0.15) is 0 Å². The van der Waals surface area contributed by atoms with Crippen LogP contribution in [0.2, 0.25) is 0 Å². The van der Waals surface area contributed by atoms with Gasteiger partial charge in [-0.05, 0) is 0 Å². The van der Waals surface area contributed by atoms with E-state index in [4.69, 9.17) is 9.84 Å². The molecule has 0 aliphatic carbocycles. The number of aliphatic hydroxyl groups excluding tert-OH is 5. The van der Waals surface area contributed by atoms with Crippen LogP contribution >= 0.6 is 15.6 Å². The first-order valence-corrected chi connectivity index (χ1v) is 12.9. The molecule has 3 rings (SSSR count). The second-order valence-electron chi connectivity index (χ2n) is 7.68. The van der Waals surface area contributed by atoms with Crippen LogP contribution in [-0.4, -0.2) is 102 Å². The summed E-state index contributed by atoms with van der Waals surface area (Å²) in [7, 11) is -11.9. The summed E-state index contributed by atoms with van der Waals surface area (Å²) in [4.78, 5) is 59.9. The molecule has 0 amide bonds. The Labute approximate surface area is 260 Å². The van der Waals surface area contributed by atoms with Crippen LogP contribution in [0, 0.1) is 0 Å². The minimum Gasteiger partial charge on any atom is -0.756 e. The van der Waals surface area contributed by atoms with E-state index in [1.165, 1.54) is 0 Å². The number of carboxylic acids is 1. The fourth-order valence-corrected chi connectivity index (χ4v) is 5.40. The zero-order valence-electron chi connectivity index (χ0n) is 20.0. The summed E-state index contributed by atoms with van der Waals surface area (Å²) in [6, 6.07) is 0.893. The Bertz CT molecular complexity index is 1210. The van der Waals surface area contributed by atoms with Crippen molar-refractivity contribution >= 4 is 21.6 Å². The number of hydrogen-bond acceptors (Lipinski definition) is 17. The monoisotopic (exact) mass is 624 g/mol.